The average molecular weight is 418 g/mol. The van der Waals surface area contributed by atoms with E-state index in [0.29, 0.717) is 24.8 Å². The lowest BCUT2D eigenvalue weighted by atomic mass is 10.2. The summed E-state index contributed by atoms with van der Waals surface area (Å²) in [5.41, 5.74) is 10.3. The van der Waals surface area contributed by atoms with Crippen molar-refractivity contribution in [3.8, 4) is 0 Å². The molecule has 14 nitrogen and oxygen atoms in total. The molecule has 0 unspecified atom stereocenters. The first-order valence-corrected chi connectivity index (χ1v) is 8.64. The highest BCUT2D eigenvalue weighted by Gasteiger charge is 2.43. The summed E-state index contributed by atoms with van der Waals surface area (Å²) in [6.07, 6.45) is 2.54. The van der Waals surface area contributed by atoms with E-state index in [1.807, 2.05) is 0 Å². The first kappa shape index (κ1) is 22.5. The second-order valence-electron chi connectivity index (χ2n) is 6.08. The van der Waals surface area contributed by atoms with Gasteiger partial charge in [-0.05, 0) is 0 Å². The van der Waals surface area contributed by atoms with E-state index in [0.717, 1.165) is 9.80 Å². The Morgan fingerprint density at radius 1 is 0.767 bits per heavy atom. The van der Waals surface area contributed by atoms with Crippen molar-refractivity contribution in [2.75, 3.05) is 41.3 Å². The second-order valence-corrected chi connectivity index (χ2v) is 6.08. The molecule has 0 saturated carbocycles. The lowest BCUT2D eigenvalue weighted by Crippen LogP contribution is -2.51. The quantitative estimate of drug-likeness (QED) is 0.431. The number of rotatable bonds is 1. The van der Waals surface area contributed by atoms with Crippen LogP contribution in [0.25, 0.3) is 0 Å². The highest BCUT2D eigenvalue weighted by Crippen LogP contribution is 2.07. The van der Waals surface area contributed by atoms with Crippen LogP contribution in [0.4, 0.5) is 9.59 Å². The van der Waals surface area contributed by atoms with Gasteiger partial charge in [0, 0.05) is 13.1 Å². The third-order valence-electron chi connectivity index (χ3n) is 4.12. The van der Waals surface area contributed by atoms with Gasteiger partial charge in [0.25, 0.3) is 11.7 Å². The van der Waals surface area contributed by atoms with Gasteiger partial charge in [0.15, 0.2) is 12.7 Å². The molecule has 0 bridgehead atoms. The van der Waals surface area contributed by atoms with Gasteiger partial charge >= 0.3 is 23.9 Å². The number of hydrogen-bond acceptors (Lipinski definition) is 10. The molecule has 0 aromatic heterocycles. The fraction of sp³-hybridized carbons (Fsp3) is 0.375. The first-order chi connectivity index (χ1) is 14.2. The molecule has 0 aromatic rings. The van der Waals surface area contributed by atoms with E-state index >= 15 is 0 Å². The van der Waals surface area contributed by atoms with Gasteiger partial charge < -0.3 is 11.5 Å². The minimum atomic E-state index is -0.407. The first-order valence-electron chi connectivity index (χ1n) is 8.64. The molecular weight excluding hydrogens is 396 g/mol. The number of fused-ring (bicyclic) bond motifs is 2. The van der Waals surface area contributed by atoms with Gasteiger partial charge in [-0.1, -0.05) is 9.98 Å². The Labute approximate surface area is 171 Å². The maximum atomic E-state index is 11.4. The third-order valence-corrected chi connectivity index (χ3v) is 4.12. The standard InChI is InChI=1S/2C7H7N4O2.C2H8N2/c2*1-10-5-4(8-3-9-5)6(12)11(2)7(10)13;3-1-2-4/h2*3H,1-2H3;1-4H2/q2*+1;. The molecule has 4 heterocycles. The van der Waals surface area contributed by atoms with Crippen molar-refractivity contribution in [1.82, 2.24) is 9.80 Å². The number of amidine groups is 2. The summed E-state index contributed by atoms with van der Waals surface area (Å²) >= 11 is 0. The Kier molecular flexibility index (Phi) is 6.86. The van der Waals surface area contributed by atoms with Crippen molar-refractivity contribution in [3.05, 3.63) is 0 Å². The van der Waals surface area contributed by atoms with E-state index in [2.05, 4.69) is 20.0 Å². The zero-order valence-corrected chi connectivity index (χ0v) is 16.9. The Hall–Kier alpha value is -3.78. The van der Waals surface area contributed by atoms with Gasteiger partial charge in [-0.2, -0.15) is 19.0 Å². The van der Waals surface area contributed by atoms with Crippen LogP contribution in [-0.4, -0.2) is 120 Å². The lowest BCUT2D eigenvalue weighted by molar-refractivity contribution is -0.401. The molecule has 0 spiro atoms. The fourth-order valence-corrected chi connectivity index (χ4v) is 2.44. The molecule has 4 N–H and O–H groups in total. The van der Waals surface area contributed by atoms with Crippen molar-refractivity contribution in [2.24, 2.45) is 31.4 Å². The summed E-state index contributed by atoms with van der Waals surface area (Å²) in [6, 6.07) is -0.781. The highest BCUT2D eigenvalue weighted by molar-refractivity contribution is 6.70. The van der Waals surface area contributed by atoms with Crippen LogP contribution in [0.15, 0.2) is 20.0 Å². The number of imide groups is 2. The average Bonchev–Trinajstić information content (AvgIpc) is 3.44. The largest absolute Gasteiger partial charge is 0.446 e. The maximum absolute atomic E-state index is 11.4. The predicted molar refractivity (Wildman–Crippen MR) is 109 cm³/mol. The van der Waals surface area contributed by atoms with Crippen LogP contribution in [0.2, 0.25) is 0 Å². The highest BCUT2D eigenvalue weighted by atomic mass is 16.2. The normalized spacial score (nSPS) is 19.3. The summed E-state index contributed by atoms with van der Waals surface area (Å²) in [5.74, 6) is -0.160. The van der Waals surface area contributed by atoms with E-state index in [1.165, 1.54) is 35.9 Å². The molecule has 0 aromatic carbocycles. The zero-order chi connectivity index (χ0) is 22.6. The number of nitrogens with two attached hydrogens (primary N) is 2. The van der Waals surface area contributed by atoms with E-state index in [9.17, 15) is 19.2 Å². The molecule has 30 heavy (non-hydrogen) atoms. The van der Waals surface area contributed by atoms with Gasteiger partial charge in [-0.3, -0.25) is 0 Å². The number of hydrogen-bond donors (Lipinski definition) is 2. The van der Waals surface area contributed by atoms with Crippen molar-refractivity contribution in [3.63, 3.8) is 0 Å². The summed E-state index contributed by atoms with van der Waals surface area (Å²) in [7, 11) is 5.94. The Morgan fingerprint density at radius 2 is 1.10 bits per heavy atom. The molecule has 0 aliphatic carbocycles. The molecule has 14 heteroatoms. The fourth-order valence-electron chi connectivity index (χ4n) is 2.44. The monoisotopic (exact) mass is 418 g/mol. The minimum Gasteiger partial charge on any atom is -0.329 e. The van der Waals surface area contributed by atoms with E-state index in [1.54, 1.807) is 14.1 Å². The Morgan fingerprint density at radius 3 is 1.40 bits per heavy atom. The molecule has 0 atom stereocenters. The molecule has 158 valence electrons. The van der Waals surface area contributed by atoms with Crippen LogP contribution >= 0.6 is 0 Å². The minimum absolute atomic E-state index is 0.226. The van der Waals surface area contributed by atoms with Gasteiger partial charge in [0.2, 0.25) is 11.4 Å². The molecule has 4 aliphatic heterocycles. The number of amides is 6. The maximum Gasteiger partial charge on any atom is 0.446 e. The lowest BCUT2D eigenvalue weighted by Gasteiger charge is -2.15. The number of urea groups is 2. The molecule has 0 fully saturated rings. The van der Waals surface area contributed by atoms with Crippen LogP contribution in [0, 0.1) is 0 Å². The predicted octanol–water partition coefficient (Wildman–Crippen LogP) is -2.89. The van der Waals surface area contributed by atoms with Crippen molar-refractivity contribution < 1.29 is 28.3 Å². The Balaban J connectivity index is 0.000000182. The van der Waals surface area contributed by atoms with Crippen LogP contribution < -0.4 is 11.5 Å². The summed E-state index contributed by atoms with van der Waals surface area (Å²) in [5, 5.41) is 0. The van der Waals surface area contributed by atoms with Crippen molar-refractivity contribution in [1.29, 1.82) is 0 Å². The van der Waals surface area contributed by atoms with E-state index < -0.39 is 23.9 Å². The summed E-state index contributed by atoms with van der Waals surface area (Å²) in [6.45, 7) is 1.19. The van der Waals surface area contributed by atoms with Gasteiger partial charge in [0.05, 0.1) is 28.2 Å². The van der Waals surface area contributed by atoms with E-state index in [4.69, 9.17) is 11.5 Å². The zero-order valence-electron chi connectivity index (χ0n) is 16.9. The van der Waals surface area contributed by atoms with Crippen molar-refractivity contribution in [2.45, 2.75) is 0 Å². The SMILES string of the molecule is CN1C(=O)C2=NC=NC2=[N+](C)C1=O.CN1C(=O)C2=NC=NC2=[N+](C)C1=O.NCCN. The van der Waals surface area contributed by atoms with E-state index in [-0.39, 0.29) is 11.4 Å². The smallest absolute Gasteiger partial charge is 0.329 e. The van der Waals surface area contributed by atoms with Gasteiger partial charge in [-0.25, -0.2) is 29.2 Å². The molecule has 6 amide bonds. The number of carbonyl (C=O) groups is 4. The van der Waals surface area contributed by atoms with Crippen molar-refractivity contribution >= 4 is 59.6 Å². The van der Waals surface area contributed by atoms with Crippen LogP contribution in [-0.2, 0) is 9.59 Å². The topological polar surface area (TPSA) is 182 Å². The number of nitrogens with zero attached hydrogens (tertiary/aromatic N) is 8. The second kappa shape index (κ2) is 9.15. The van der Waals surface area contributed by atoms with Crippen LogP contribution in [0.3, 0.4) is 0 Å². The van der Waals surface area contributed by atoms with Crippen LogP contribution in [0.5, 0.6) is 0 Å². The molecular formula is C16H22N10O4+2. The number of carbonyl (C=O) groups excluding carboxylic acids is 4. The third kappa shape index (κ3) is 3.99. The molecule has 0 saturated heterocycles. The molecule has 4 rings (SSSR count). The molecule has 4 aliphatic rings. The summed E-state index contributed by atoms with van der Waals surface area (Å²) in [4.78, 5) is 62.8. The summed E-state index contributed by atoms with van der Waals surface area (Å²) < 4.78 is 2.59. The molecule has 0 radical (unpaired) electrons. The van der Waals surface area contributed by atoms with Crippen LogP contribution in [0.1, 0.15) is 0 Å². The van der Waals surface area contributed by atoms with Gasteiger partial charge in [-0.15, -0.1) is 0 Å². The Bertz CT molecular complexity index is 921. The van der Waals surface area contributed by atoms with Gasteiger partial charge in [0.1, 0.15) is 0 Å². The number of aliphatic imine (C=N–C) groups is 4.